The van der Waals surface area contributed by atoms with Crippen molar-refractivity contribution in [2.24, 2.45) is 5.92 Å². The number of methoxy groups -OCH3 is 1. The topological polar surface area (TPSA) is 117 Å². The maximum absolute atomic E-state index is 13.2. The van der Waals surface area contributed by atoms with Crippen molar-refractivity contribution in [2.45, 2.75) is 51.9 Å². The summed E-state index contributed by atoms with van der Waals surface area (Å²) in [6.07, 6.45) is 2.14. The highest BCUT2D eigenvalue weighted by molar-refractivity contribution is 5.83. The second-order valence-electron chi connectivity index (χ2n) is 9.71. The van der Waals surface area contributed by atoms with Crippen LogP contribution in [0.5, 0.6) is 11.5 Å². The summed E-state index contributed by atoms with van der Waals surface area (Å²) in [5.74, 6) is 2.30. The molecule has 36 heavy (non-hydrogen) atoms. The number of aromatic nitrogens is 5. The Morgan fingerprint density at radius 3 is 2.72 bits per heavy atom. The van der Waals surface area contributed by atoms with Crippen LogP contribution < -0.4 is 15.0 Å². The zero-order valence-electron chi connectivity index (χ0n) is 21.1. The molecule has 1 aromatic carbocycles. The van der Waals surface area contributed by atoms with Gasteiger partial charge in [-0.15, -0.1) is 5.10 Å². The Morgan fingerprint density at radius 2 is 2.00 bits per heavy atom. The molecule has 5 rings (SSSR count). The third kappa shape index (κ3) is 5.23. The van der Waals surface area contributed by atoms with Gasteiger partial charge < -0.3 is 23.9 Å². The number of hydrogen-bond acceptors (Lipinski definition) is 9. The Morgan fingerprint density at radius 1 is 1.19 bits per heavy atom. The van der Waals surface area contributed by atoms with E-state index < -0.39 is 0 Å². The van der Waals surface area contributed by atoms with Gasteiger partial charge in [0.2, 0.25) is 0 Å². The number of tetrazole rings is 1. The van der Waals surface area contributed by atoms with E-state index in [4.69, 9.17) is 18.9 Å². The van der Waals surface area contributed by atoms with E-state index in [-0.39, 0.29) is 23.6 Å². The molecule has 0 saturated carbocycles. The molecule has 1 N–H and O–H groups in total. The lowest BCUT2D eigenvalue weighted by molar-refractivity contribution is 0.0379. The van der Waals surface area contributed by atoms with E-state index in [1.807, 2.05) is 18.2 Å². The van der Waals surface area contributed by atoms with Crippen LogP contribution in [0.2, 0.25) is 0 Å². The Hall–Kier alpha value is -3.02. The molecule has 0 aliphatic carbocycles. The molecular formula is C25H34N6O5. The summed E-state index contributed by atoms with van der Waals surface area (Å²) in [5.41, 5.74) is 1.26. The average Bonchev–Trinajstić information content (AvgIpc) is 3.54. The molecule has 0 bridgehead atoms. The smallest absolute Gasteiger partial charge is 0.252 e. The first-order valence-corrected chi connectivity index (χ1v) is 12.6. The number of hydrogen-bond donors (Lipinski definition) is 1. The summed E-state index contributed by atoms with van der Waals surface area (Å²) < 4.78 is 24.5. The fraction of sp³-hybridized carbons (Fsp3) is 0.600. The molecule has 0 amide bonds. The third-order valence-electron chi connectivity index (χ3n) is 6.78. The summed E-state index contributed by atoms with van der Waals surface area (Å²) in [6.45, 7) is 8.25. The van der Waals surface area contributed by atoms with Crippen LogP contribution >= 0.6 is 0 Å². The molecule has 1 fully saturated rings. The maximum atomic E-state index is 13.2. The van der Waals surface area contributed by atoms with Crippen molar-refractivity contribution in [1.82, 2.24) is 30.1 Å². The zero-order chi connectivity index (χ0) is 25.1. The number of pyridine rings is 1. The summed E-state index contributed by atoms with van der Waals surface area (Å²) in [4.78, 5) is 18.5. The number of H-pyrrole nitrogens is 1. The maximum Gasteiger partial charge on any atom is 0.252 e. The van der Waals surface area contributed by atoms with Crippen LogP contribution in [0.4, 0.5) is 0 Å². The molecule has 0 unspecified atom stereocenters. The highest BCUT2D eigenvalue weighted by atomic mass is 16.6. The van der Waals surface area contributed by atoms with Crippen molar-refractivity contribution < 1.29 is 18.9 Å². The third-order valence-corrected chi connectivity index (χ3v) is 6.78. The minimum atomic E-state index is -0.127. The monoisotopic (exact) mass is 498 g/mol. The van der Waals surface area contributed by atoms with Crippen LogP contribution in [0.15, 0.2) is 23.0 Å². The van der Waals surface area contributed by atoms with E-state index in [9.17, 15) is 4.79 Å². The fourth-order valence-electron chi connectivity index (χ4n) is 5.09. The molecule has 0 radical (unpaired) electrons. The number of ether oxygens (including phenoxy) is 4. The molecule has 0 spiro atoms. The minimum Gasteiger partial charge on any atom is -0.486 e. The van der Waals surface area contributed by atoms with Gasteiger partial charge in [-0.1, -0.05) is 13.8 Å². The zero-order valence-corrected chi connectivity index (χ0v) is 21.1. The number of nitrogens with zero attached hydrogens (tertiary/aromatic N) is 5. The van der Waals surface area contributed by atoms with Gasteiger partial charge >= 0.3 is 0 Å². The predicted molar refractivity (Wildman–Crippen MR) is 132 cm³/mol. The van der Waals surface area contributed by atoms with E-state index in [1.54, 1.807) is 11.8 Å². The molecule has 11 nitrogen and oxygen atoms in total. The lowest BCUT2D eigenvalue weighted by atomic mass is 9.99. The molecule has 2 aliphatic heterocycles. The number of fused-ring (bicyclic) bond motifs is 2. The summed E-state index contributed by atoms with van der Waals surface area (Å²) in [5, 5.41) is 13.5. The Kier molecular flexibility index (Phi) is 7.49. The quantitative estimate of drug-likeness (QED) is 0.449. The SMILES string of the molecule is COCCn1nnnc1[C@@H](C(C)C)N(Cc1cc2cc3c(cc2[nH]c1=O)OCCO3)C[C@H]1CCCO1. The van der Waals surface area contributed by atoms with E-state index in [1.165, 1.54) is 0 Å². The van der Waals surface area contributed by atoms with Crippen molar-refractivity contribution >= 4 is 10.9 Å². The molecule has 2 aromatic heterocycles. The lowest BCUT2D eigenvalue weighted by Crippen LogP contribution is -2.40. The Balaban J connectivity index is 1.50. The van der Waals surface area contributed by atoms with Gasteiger partial charge in [-0.2, -0.15) is 0 Å². The largest absolute Gasteiger partial charge is 0.486 e. The number of rotatable bonds is 10. The lowest BCUT2D eigenvalue weighted by Gasteiger charge is -2.35. The molecule has 194 valence electrons. The van der Waals surface area contributed by atoms with Crippen LogP contribution in [0.25, 0.3) is 10.9 Å². The van der Waals surface area contributed by atoms with Crippen LogP contribution in [0, 0.1) is 5.92 Å². The highest BCUT2D eigenvalue weighted by Gasteiger charge is 2.32. The average molecular weight is 499 g/mol. The van der Waals surface area contributed by atoms with Crippen molar-refractivity contribution in [2.75, 3.05) is 40.1 Å². The van der Waals surface area contributed by atoms with Crippen LogP contribution in [0.1, 0.15) is 44.1 Å². The van der Waals surface area contributed by atoms with Gasteiger partial charge in [0.1, 0.15) is 13.2 Å². The molecule has 11 heteroatoms. The summed E-state index contributed by atoms with van der Waals surface area (Å²) >= 11 is 0. The Bertz CT molecular complexity index is 1240. The number of nitrogens with one attached hydrogen (secondary N) is 1. The van der Waals surface area contributed by atoms with Gasteiger partial charge in [-0.25, -0.2) is 4.68 Å². The summed E-state index contributed by atoms with van der Waals surface area (Å²) in [6, 6.07) is 5.59. The van der Waals surface area contributed by atoms with Crippen molar-refractivity contribution in [3.63, 3.8) is 0 Å². The van der Waals surface area contributed by atoms with Gasteiger partial charge in [0.15, 0.2) is 17.3 Å². The van der Waals surface area contributed by atoms with E-state index in [0.29, 0.717) is 56.5 Å². The highest BCUT2D eigenvalue weighted by Crippen LogP contribution is 2.34. The van der Waals surface area contributed by atoms with Gasteiger partial charge in [0.25, 0.3) is 5.56 Å². The van der Waals surface area contributed by atoms with Gasteiger partial charge in [0.05, 0.1) is 30.8 Å². The normalized spacial score (nSPS) is 18.4. The Labute approximate surface area is 209 Å². The number of aromatic amines is 1. The van der Waals surface area contributed by atoms with Gasteiger partial charge in [0, 0.05) is 43.8 Å². The number of benzene rings is 1. The fourth-order valence-corrected chi connectivity index (χ4v) is 5.09. The second-order valence-corrected chi connectivity index (χ2v) is 9.71. The second kappa shape index (κ2) is 10.9. The standard InChI is InChI=1S/C25H34N6O5/c1-16(2)23(24-27-28-29-31(24)6-8-33-3)30(15-19-5-4-7-34-19)14-18-11-17-12-21-22(36-10-9-35-21)13-20(17)26-25(18)32/h11-13,16,19,23H,4-10,14-15H2,1-3H3,(H,26,32)/t19-,23-/m1/s1. The first-order valence-electron chi connectivity index (χ1n) is 12.6. The molecule has 2 aliphatic rings. The van der Waals surface area contributed by atoms with Crippen LogP contribution in [0.3, 0.4) is 0 Å². The summed E-state index contributed by atoms with van der Waals surface area (Å²) in [7, 11) is 1.66. The van der Waals surface area contributed by atoms with Gasteiger partial charge in [-0.3, -0.25) is 9.69 Å². The van der Waals surface area contributed by atoms with E-state index in [0.717, 1.165) is 36.2 Å². The first kappa shape index (κ1) is 24.7. The van der Waals surface area contributed by atoms with Crippen molar-refractivity contribution in [1.29, 1.82) is 0 Å². The van der Waals surface area contributed by atoms with Crippen molar-refractivity contribution in [3.05, 3.63) is 39.9 Å². The van der Waals surface area contributed by atoms with Gasteiger partial charge in [-0.05, 0) is 41.3 Å². The predicted octanol–water partition coefficient (Wildman–Crippen LogP) is 2.31. The van der Waals surface area contributed by atoms with Crippen LogP contribution in [-0.4, -0.2) is 76.3 Å². The van der Waals surface area contributed by atoms with E-state index >= 15 is 0 Å². The molecule has 1 saturated heterocycles. The molecule has 2 atom stereocenters. The van der Waals surface area contributed by atoms with Crippen molar-refractivity contribution in [3.8, 4) is 11.5 Å². The first-order chi connectivity index (χ1) is 17.5. The molecular weight excluding hydrogens is 464 g/mol. The van der Waals surface area contributed by atoms with E-state index in [2.05, 4.69) is 39.3 Å². The van der Waals surface area contributed by atoms with Crippen LogP contribution in [-0.2, 0) is 22.6 Å². The minimum absolute atomic E-state index is 0.103. The molecule has 3 aromatic rings. The molecule has 4 heterocycles.